The van der Waals surface area contributed by atoms with Crippen LogP contribution in [0.5, 0.6) is 0 Å². The third-order valence-corrected chi connectivity index (χ3v) is 4.74. The number of hydrogen-bond donors (Lipinski definition) is 2. The minimum Gasteiger partial charge on any atom is -0.394 e. The number of likely N-dealkylation sites (N-methyl/N-ethyl adjacent to an activating group) is 1. The maximum Gasteiger partial charge on any atom is 0.0628 e. The number of aliphatic hydroxyl groups excluding tert-OH is 1. The first kappa shape index (κ1) is 14.3. The molecule has 2 fully saturated rings. The van der Waals surface area contributed by atoms with Gasteiger partial charge in [-0.25, -0.2) is 0 Å². The fourth-order valence-electron chi connectivity index (χ4n) is 3.17. The Morgan fingerprint density at radius 1 is 1.39 bits per heavy atom. The highest BCUT2D eigenvalue weighted by atomic mass is 16.3. The minimum atomic E-state index is -0.0388. The van der Waals surface area contributed by atoms with Gasteiger partial charge in [0.1, 0.15) is 0 Å². The Hall–Kier alpha value is -0.120. The van der Waals surface area contributed by atoms with Gasteiger partial charge in [-0.1, -0.05) is 13.8 Å². The average Bonchev–Trinajstić information content (AvgIpc) is 3.23. The first-order valence-corrected chi connectivity index (χ1v) is 7.65. The Kier molecular flexibility index (Phi) is 4.68. The number of nitrogens with zero attached hydrogens (tertiary/aromatic N) is 1. The van der Waals surface area contributed by atoms with Crippen molar-refractivity contribution < 1.29 is 5.11 Å². The third kappa shape index (κ3) is 3.46. The summed E-state index contributed by atoms with van der Waals surface area (Å²) >= 11 is 0. The second-order valence-corrected chi connectivity index (χ2v) is 6.69. The molecule has 2 aliphatic rings. The maximum absolute atomic E-state index is 9.88. The Bertz CT molecular complexity index is 267. The molecule has 2 saturated carbocycles. The lowest BCUT2D eigenvalue weighted by molar-refractivity contribution is 0.0987. The smallest absolute Gasteiger partial charge is 0.0628 e. The van der Waals surface area contributed by atoms with Gasteiger partial charge in [-0.15, -0.1) is 0 Å². The fraction of sp³-hybridized carbons (Fsp3) is 1.00. The predicted molar refractivity (Wildman–Crippen MR) is 75.6 cm³/mol. The van der Waals surface area contributed by atoms with Crippen molar-refractivity contribution in [1.29, 1.82) is 0 Å². The molecule has 0 aliphatic heterocycles. The first-order valence-electron chi connectivity index (χ1n) is 7.65. The summed E-state index contributed by atoms with van der Waals surface area (Å²) in [5, 5.41) is 13.5. The zero-order chi connectivity index (χ0) is 13.2. The topological polar surface area (TPSA) is 35.5 Å². The molecule has 2 N–H and O–H groups in total. The Morgan fingerprint density at radius 3 is 2.50 bits per heavy atom. The standard InChI is InChI=1S/C15H30N2O/c1-4-7-16-15(11-18,14-5-6-14)10-17(3)9-13-8-12(13)2/h12-14,16,18H,4-11H2,1-3H3. The monoisotopic (exact) mass is 254 g/mol. The average molecular weight is 254 g/mol. The lowest BCUT2D eigenvalue weighted by Gasteiger charge is -2.37. The van der Waals surface area contributed by atoms with E-state index in [1.165, 1.54) is 25.8 Å². The van der Waals surface area contributed by atoms with E-state index in [1.807, 2.05) is 0 Å². The van der Waals surface area contributed by atoms with Crippen LogP contribution < -0.4 is 5.32 Å². The molecule has 2 aliphatic carbocycles. The van der Waals surface area contributed by atoms with E-state index < -0.39 is 0 Å². The molecule has 0 aromatic heterocycles. The van der Waals surface area contributed by atoms with Crippen molar-refractivity contribution in [3.05, 3.63) is 0 Å². The summed E-state index contributed by atoms with van der Waals surface area (Å²) in [6, 6.07) is 0. The first-order chi connectivity index (χ1) is 8.61. The SMILES string of the molecule is CCCNC(CO)(CN(C)CC1CC1C)C1CC1. The maximum atomic E-state index is 9.88. The van der Waals surface area contributed by atoms with Crippen LogP contribution in [0.1, 0.15) is 39.5 Å². The molecule has 0 spiro atoms. The molecular formula is C15H30N2O. The number of hydrogen-bond acceptors (Lipinski definition) is 3. The fourth-order valence-corrected chi connectivity index (χ4v) is 3.17. The quantitative estimate of drug-likeness (QED) is 0.657. The molecule has 0 aromatic carbocycles. The summed E-state index contributed by atoms with van der Waals surface area (Å²) in [5.74, 6) is 2.51. The summed E-state index contributed by atoms with van der Waals surface area (Å²) in [7, 11) is 2.21. The van der Waals surface area contributed by atoms with Crippen molar-refractivity contribution >= 4 is 0 Å². The van der Waals surface area contributed by atoms with Gasteiger partial charge in [0, 0.05) is 13.1 Å². The number of aliphatic hydroxyl groups is 1. The van der Waals surface area contributed by atoms with Crippen molar-refractivity contribution in [3.8, 4) is 0 Å². The van der Waals surface area contributed by atoms with Gasteiger partial charge in [0.25, 0.3) is 0 Å². The predicted octanol–water partition coefficient (Wildman–Crippen LogP) is 1.71. The molecule has 0 amide bonds. The summed E-state index contributed by atoms with van der Waals surface area (Å²) in [4.78, 5) is 2.44. The third-order valence-electron chi connectivity index (χ3n) is 4.74. The van der Waals surface area contributed by atoms with Crippen molar-refractivity contribution in [2.75, 3.05) is 33.3 Å². The summed E-state index contributed by atoms with van der Waals surface area (Å²) in [6.45, 7) is 8.03. The number of nitrogens with one attached hydrogen (secondary N) is 1. The normalized spacial score (nSPS) is 30.5. The molecular weight excluding hydrogens is 224 g/mol. The van der Waals surface area contributed by atoms with E-state index in [4.69, 9.17) is 0 Å². The van der Waals surface area contributed by atoms with Crippen LogP contribution >= 0.6 is 0 Å². The highest BCUT2D eigenvalue weighted by molar-refractivity contribution is 5.03. The van der Waals surface area contributed by atoms with E-state index in [1.54, 1.807) is 0 Å². The van der Waals surface area contributed by atoms with Crippen LogP contribution in [0.25, 0.3) is 0 Å². The van der Waals surface area contributed by atoms with Gasteiger partial charge >= 0.3 is 0 Å². The summed E-state index contributed by atoms with van der Waals surface area (Å²) in [6.07, 6.45) is 5.09. The molecule has 3 heteroatoms. The highest BCUT2D eigenvalue weighted by Crippen LogP contribution is 2.41. The Balaban J connectivity index is 1.86. The minimum absolute atomic E-state index is 0.0388. The van der Waals surface area contributed by atoms with Crippen LogP contribution in [-0.2, 0) is 0 Å². The van der Waals surface area contributed by atoms with Gasteiger partial charge in [-0.2, -0.15) is 0 Å². The molecule has 0 saturated heterocycles. The van der Waals surface area contributed by atoms with Crippen LogP contribution in [0, 0.1) is 17.8 Å². The van der Waals surface area contributed by atoms with E-state index in [0.29, 0.717) is 5.92 Å². The van der Waals surface area contributed by atoms with E-state index in [0.717, 1.165) is 31.3 Å². The number of rotatable bonds is 9. The highest BCUT2D eigenvalue weighted by Gasteiger charge is 2.45. The van der Waals surface area contributed by atoms with Gasteiger partial charge in [-0.3, -0.25) is 0 Å². The van der Waals surface area contributed by atoms with Crippen LogP contribution in [0.2, 0.25) is 0 Å². The zero-order valence-electron chi connectivity index (χ0n) is 12.3. The van der Waals surface area contributed by atoms with Gasteiger partial charge in [0.05, 0.1) is 12.1 Å². The van der Waals surface area contributed by atoms with E-state index >= 15 is 0 Å². The van der Waals surface area contributed by atoms with Crippen LogP contribution in [-0.4, -0.2) is 48.8 Å². The molecule has 0 heterocycles. The molecule has 0 aromatic rings. The molecule has 3 unspecified atom stereocenters. The second-order valence-electron chi connectivity index (χ2n) is 6.69. The van der Waals surface area contributed by atoms with Gasteiger partial charge in [-0.05, 0) is 57.0 Å². The van der Waals surface area contributed by atoms with Crippen molar-refractivity contribution in [1.82, 2.24) is 10.2 Å². The van der Waals surface area contributed by atoms with Gasteiger partial charge < -0.3 is 15.3 Å². The molecule has 0 bridgehead atoms. The molecule has 18 heavy (non-hydrogen) atoms. The van der Waals surface area contributed by atoms with Crippen molar-refractivity contribution in [2.45, 2.75) is 45.1 Å². The largest absolute Gasteiger partial charge is 0.394 e. The van der Waals surface area contributed by atoms with Crippen LogP contribution in [0.15, 0.2) is 0 Å². The zero-order valence-corrected chi connectivity index (χ0v) is 12.3. The molecule has 0 radical (unpaired) electrons. The lowest BCUT2D eigenvalue weighted by Crippen LogP contribution is -2.57. The Labute approximate surface area is 112 Å². The van der Waals surface area contributed by atoms with Crippen LogP contribution in [0.4, 0.5) is 0 Å². The van der Waals surface area contributed by atoms with Gasteiger partial charge in [0.2, 0.25) is 0 Å². The molecule has 3 nitrogen and oxygen atoms in total. The second kappa shape index (κ2) is 5.89. The van der Waals surface area contributed by atoms with Crippen molar-refractivity contribution in [3.63, 3.8) is 0 Å². The van der Waals surface area contributed by atoms with Crippen LogP contribution in [0.3, 0.4) is 0 Å². The van der Waals surface area contributed by atoms with E-state index in [2.05, 4.69) is 31.1 Å². The summed E-state index contributed by atoms with van der Waals surface area (Å²) < 4.78 is 0. The van der Waals surface area contributed by atoms with Crippen molar-refractivity contribution in [2.24, 2.45) is 17.8 Å². The van der Waals surface area contributed by atoms with E-state index in [9.17, 15) is 5.11 Å². The molecule has 2 rings (SSSR count). The Morgan fingerprint density at radius 2 is 2.06 bits per heavy atom. The van der Waals surface area contributed by atoms with E-state index in [-0.39, 0.29) is 12.1 Å². The molecule has 3 atom stereocenters. The van der Waals surface area contributed by atoms with Gasteiger partial charge in [0.15, 0.2) is 0 Å². The summed E-state index contributed by atoms with van der Waals surface area (Å²) in [5.41, 5.74) is -0.0388. The lowest BCUT2D eigenvalue weighted by atomic mass is 9.93. The molecule has 106 valence electrons.